The van der Waals surface area contributed by atoms with E-state index in [0.29, 0.717) is 0 Å². The van der Waals surface area contributed by atoms with Gasteiger partial charge in [-0.25, -0.2) is 14.9 Å². The number of carbonyl (C=O) groups is 3. The third-order valence-corrected chi connectivity index (χ3v) is 1.33. The van der Waals surface area contributed by atoms with E-state index < -0.39 is 23.9 Å². The molecule has 0 aliphatic rings. The summed E-state index contributed by atoms with van der Waals surface area (Å²) in [4.78, 5) is 33.1. The van der Waals surface area contributed by atoms with Crippen LogP contribution in [0.15, 0.2) is 0 Å². The molecule has 0 fully saturated rings. The summed E-state index contributed by atoms with van der Waals surface area (Å²) in [6, 6.07) is -1.50. The molecule has 0 aromatic heterocycles. The molecule has 6 heteroatoms. The monoisotopic (exact) mass is 217 g/mol. The van der Waals surface area contributed by atoms with Crippen LogP contribution in [0.1, 0.15) is 20.8 Å². The number of rotatable bonds is 5. The number of nitrogens with zero attached hydrogens (tertiary/aromatic N) is 1. The maximum atomic E-state index is 11.2. The fraction of sp³-hybridized carbons (Fsp3) is 0.667. The van der Waals surface area contributed by atoms with Gasteiger partial charge in [0.05, 0.1) is 13.2 Å². The van der Waals surface area contributed by atoms with Gasteiger partial charge in [0.25, 0.3) is 0 Å². The van der Waals surface area contributed by atoms with E-state index in [4.69, 9.17) is 0 Å². The average Bonchev–Trinajstić information content (AvgIpc) is 2.14. The summed E-state index contributed by atoms with van der Waals surface area (Å²) in [5.41, 5.74) is 0. The first-order valence-corrected chi connectivity index (χ1v) is 4.57. The quantitative estimate of drug-likeness (QED) is 0.356. The molecule has 0 atom stereocenters. The van der Waals surface area contributed by atoms with E-state index in [-0.39, 0.29) is 13.2 Å². The first-order valence-electron chi connectivity index (χ1n) is 4.57. The van der Waals surface area contributed by atoms with Gasteiger partial charge in [-0.05, 0) is 13.8 Å². The van der Waals surface area contributed by atoms with Gasteiger partial charge in [-0.1, -0.05) is 0 Å². The summed E-state index contributed by atoms with van der Waals surface area (Å²) in [5.74, 6) is -2.36. The van der Waals surface area contributed by atoms with Crippen LogP contribution in [0, 0.1) is 0 Å². The summed E-state index contributed by atoms with van der Waals surface area (Å²) >= 11 is 0. The van der Waals surface area contributed by atoms with Crippen molar-refractivity contribution in [2.24, 2.45) is 0 Å². The molecule has 1 amide bonds. The number of esters is 2. The van der Waals surface area contributed by atoms with Crippen molar-refractivity contribution in [3.8, 4) is 0 Å². The van der Waals surface area contributed by atoms with Crippen LogP contribution >= 0.6 is 0 Å². The molecule has 0 aliphatic heterocycles. The smallest absolute Gasteiger partial charge is 0.342 e. The SMILES string of the molecule is CCOC(=O)C([15N]C(C)=O)C(=O)OCC. The predicted molar refractivity (Wildman–Crippen MR) is 49.9 cm³/mol. The first-order chi connectivity index (χ1) is 7.02. The van der Waals surface area contributed by atoms with Crippen LogP contribution < -0.4 is 5.32 Å². The Hall–Kier alpha value is -1.59. The number of carbonyl (C=O) groups excluding carboxylic acids is 3. The molecular formula is C9H14NO5. The van der Waals surface area contributed by atoms with E-state index in [1.807, 2.05) is 0 Å². The van der Waals surface area contributed by atoms with Gasteiger partial charge in [0.1, 0.15) is 0 Å². The largest absolute Gasteiger partial charge is 0.464 e. The minimum atomic E-state index is -1.50. The third kappa shape index (κ3) is 4.99. The number of hydrogen-bond acceptors (Lipinski definition) is 5. The molecule has 0 unspecified atom stereocenters. The minimum absolute atomic E-state index is 0.113. The lowest BCUT2D eigenvalue weighted by Crippen LogP contribution is -2.43. The molecule has 0 aromatic rings. The lowest BCUT2D eigenvalue weighted by atomic mass is 10.3. The zero-order chi connectivity index (χ0) is 11.8. The van der Waals surface area contributed by atoms with Crippen LogP contribution in [0.3, 0.4) is 0 Å². The second-order valence-electron chi connectivity index (χ2n) is 2.55. The molecule has 0 heterocycles. The van der Waals surface area contributed by atoms with Crippen LogP contribution in [0.5, 0.6) is 0 Å². The van der Waals surface area contributed by atoms with Crippen molar-refractivity contribution in [1.82, 2.24) is 5.32 Å². The van der Waals surface area contributed by atoms with Gasteiger partial charge in [-0.15, -0.1) is 0 Å². The zero-order valence-electron chi connectivity index (χ0n) is 8.98. The highest BCUT2D eigenvalue weighted by Crippen LogP contribution is 1.96. The maximum Gasteiger partial charge on any atom is 0.342 e. The van der Waals surface area contributed by atoms with Gasteiger partial charge in [0.15, 0.2) is 0 Å². The van der Waals surface area contributed by atoms with Crippen molar-refractivity contribution < 1.29 is 23.9 Å². The Bertz CT molecular complexity index is 233. The Morgan fingerprint density at radius 1 is 1.07 bits per heavy atom. The van der Waals surface area contributed by atoms with Gasteiger partial charge in [-0.3, -0.25) is 4.79 Å². The van der Waals surface area contributed by atoms with Crippen LogP contribution in [0.25, 0.3) is 0 Å². The van der Waals surface area contributed by atoms with E-state index >= 15 is 0 Å². The van der Waals surface area contributed by atoms with E-state index in [1.165, 1.54) is 0 Å². The van der Waals surface area contributed by atoms with E-state index in [9.17, 15) is 14.4 Å². The summed E-state index contributed by atoms with van der Waals surface area (Å²) in [5, 5.41) is 3.33. The normalized spacial score (nSPS) is 9.60. The molecule has 0 rings (SSSR count). The number of ether oxygens (including phenoxy) is 2. The van der Waals surface area contributed by atoms with Gasteiger partial charge < -0.3 is 9.47 Å². The van der Waals surface area contributed by atoms with Crippen molar-refractivity contribution in [2.45, 2.75) is 26.8 Å². The molecule has 0 spiro atoms. The van der Waals surface area contributed by atoms with Crippen molar-refractivity contribution in [3.63, 3.8) is 0 Å². The molecule has 0 aliphatic carbocycles. The molecule has 0 bridgehead atoms. The predicted octanol–water partition coefficient (Wildman–Crippen LogP) is -0.368. The molecule has 15 heavy (non-hydrogen) atoms. The number of hydrogen-bond donors (Lipinski definition) is 0. The Kier molecular flexibility index (Phi) is 6.08. The lowest BCUT2D eigenvalue weighted by Gasteiger charge is -2.12. The van der Waals surface area contributed by atoms with Crippen LogP contribution in [-0.2, 0) is 23.9 Å². The highest BCUT2D eigenvalue weighted by atomic mass is 16.6. The van der Waals surface area contributed by atoms with Gasteiger partial charge >= 0.3 is 11.9 Å². The fourth-order valence-electron chi connectivity index (χ4n) is 0.826. The Morgan fingerprint density at radius 2 is 1.47 bits per heavy atom. The topological polar surface area (TPSA) is 83.8 Å². The first kappa shape index (κ1) is 13.4. The van der Waals surface area contributed by atoms with Gasteiger partial charge in [0.2, 0.25) is 11.9 Å². The Balaban J connectivity index is 4.49. The standard InChI is InChI=1S/C9H14NO5/c1-4-14-8(12)7(10-6(3)11)9(13)15-5-2/h7H,4-5H2,1-3H3/i10+1. The summed E-state index contributed by atoms with van der Waals surface area (Å²) in [6.45, 7) is 4.55. The lowest BCUT2D eigenvalue weighted by molar-refractivity contribution is -0.159. The third-order valence-electron chi connectivity index (χ3n) is 1.33. The van der Waals surface area contributed by atoms with E-state index in [0.717, 1.165) is 6.92 Å². The van der Waals surface area contributed by atoms with Crippen molar-refractivity contribution >= 4 is 17.8 Å². The maximum absolute atomic E-state index is 11.2. The van der Waals surface area contributed by atoms with E-state index in [1.54, 1.807) is 13.8 Å². The number of amides is 1. The van der Waals surface area contributed by atoms with E-state index in [2.05, 4.69) is 14.8 Å². The average molecular weight is 217 g/mol. The summed E-state index contributed by atoms with van der Waals surface area (Å²) < 4.78 is 9.17. The van der Waals surface area contributed by atoms with Crippen LogP contribution in [0.4, 0.5) is 0 Å². The minimum Gasteiger partial charge on any atom is -0.464 e. The van der Waals surface area contributed by atoms with Crippen LogP contribution in [-0.4, -0.2) is 37.1 Å². The zero-order valence-corrected chi connectivity index (χ0v) is 8.98. The molecule has 6 nitrogen and oxygen atoms in total. The summed E-state index contributed by atoms with van der Waals surface area (Å²) in [7, 11) is 0. The molecule has 1 radical (unpaired) electrons. The Labute approximate surface area is 87.9 Å². The molecule has 0 aromatic carbocycles. The second kappa shape index (κ2) is 6.80. The summed E-state index contributed by atoms with van der Waals surface area (Å²) in [6.07, 6.45) is 0. The van der Waals surface area contributed by atoms with Crippen molar-refractivity contribution in [1.29, 1.82) is 0 Å². The molecule has 0 N–H and O–H groups in total. The fourth-order valence-corrected chi connectivity index (χ4v) is 0.826. The van der Waals surface area contributed by atoms with Gasteiger partial charge in [-0.2, -0.15) is 0 Å². The highest BCUT2D eigenvalue weighted by Gasteiger charge is 2.31. The Morgan fingerprint density at radius 3 is 1.73 bits per heavy atom. The van der Waals surface area contributed by atoms with Crippen molar-refractivity contribution in [3.05, 3.63) is 0 Å². The van der Waals surface area contributed by atoms with Crippen molar-refractivity contribution in [2.75, 3.05) is 13.2 Å². The molecular weight excluding hydrogens is 203 g/mol. The molecule has 85 valence electrons. The van der Waals surface area contributed by atoms with Crippen LogP contribution in [0.2, 0.25) is 0 Å². The molecule has 0 saturated heterocycles. The molecule has 0 saturated carbocycles. The highest BCUT2D eigenvalue weighted by molar-refractivity contribution is 6.02. The second-order valence-corrected chi connectivity index (χ2v) is 2.55. The van der Waals surface area contributed by atoms with Gasteiger partial charge in [0, 0.05) is 6.92 Å².